The van der Waals surface area contributed by atoms with Crippen molar-refractivity contribution in [1.29, 1.82) is 0 Å². The van der Waals surface area contributed by atoms with Gasteiger partial charge < -0.3 is 25.2 Å². The van der Waals surface area contributed by atoms with Gasteiger partial charge in [0.05, 0.1) is 24.0 Å². The number of rotatable bonds is 6. The number of aliphatic carboxylic acids is 1. The Morgan fingerprint density at radius 1 is 1.14 bits per heavy atom. The largest absolute Gasteiger partial charge is 0.481 e. The van der Waals surface area contributed by atoms with Crippen LogP contribution in [-0.4, -0.2) is 61.8 Å². The summed E-state index contributed by atoms with van der Waals surface area (Å²) >= 11 is 0. The lowest BCUT2D eigenvalue weighted by atomic mass is 9.93. The molecule has 2 heterocycles. The molecule has 0 spiro atoms. The molecule has 1 saturated carbocycles. The van der Waals surface area contributed by atoms with E-state index in [1.165, 1.54) is 11.3 Å². The molecule has 36 heavy (non-hydrogen) atoms. The van der Waals surface area contributed by atoms with E-state index in [9.17, 15) is 19.5 Å². The number of nitrogens with one attached hydrogen (secondary N) is 2. The van der Waals surface area contributed by atoms with Crippen LogP contribution in [0.5, 0.6) is 0 Å². The molecule has 3 N–H and O–H groups in total. The first kappa shape index (κ1) is 23.8. The van der Waals surface area contributed by atoms with Crippen molar-refractivity contribution in [3.05, 3.63) is 59.4 Å². The van der Waals surface area contributed by atoms with Gasteiger partial charge in [-0.2, -0.15) is 0 Å². The minimum atomic E-state index is -1.04. The SMILES string of the molecule is CN1Cc2cc(C(=O)N(Cc3nc4ccccc4[nH]3)C3CCCCC3)ccc2N[C@@H](CC(=O)O)C1=O. The lowest BCUT2D eigenvalue weighted by molar-refractivity contribution is -0.141. The fourth-order valence-electron chi connectivity index (χ4n) is 5.33. The van der Waals surface area contributed by atoms with Crippen LogP contribution < -0.4 is 5.32 Å². The van der Waals surface area contributed by atoms with E-state index in [0.717, 1.165) is 48.1 Å². The zero-order valence-electron chi connectivity index (χ0n) is 20.4. The molecule has 9 heteroatoms. The summed E-state index contributed by atoms with van der Waals surface area (Å²) in [5.41, 5.74) is 3.84. The number of likely N-dealkylation sites (N-methyl/N-ethyl adjacent to an activating group) is 1. The number of anilines is 1. The Hall–Kier alpha value is -3.88. The number of H-pyrrole nitrogens is 1. The number of nitrogens with zero attached hydrogens (tertiary/aromatic N) is 3. The van der Waals surface area contributed by atoms with E-state index < -0.39 is 12.0 Å². The van der Waals surface area contributed by atoms with Crippen LogP contribution in [0.3, 0.4) is 0 Å². The normalized spacial score (nSPS) is 18.4. The zero-order valence-corrected chi connectivity index (χ0v) is 20.4. The number of fused-ring (bicyclic) bond motifs is 2. The quantitative estimate of drug-likeness (QED) is 0.485. The minimum absolute atomic E-state index is 0.0644. The van der Waals surface area contributed by atoms with Gasteiger partial charge in [0.1, 0.15) is 11.9 Å². The van der Waals surface area contributed by atoms with E-state index in [1.54, 1.807) is 19.2 Å². The Morgan fingerprint density at radius 3 is 2.67 bits per heavy atom. The molecule has 1 atom stereocenters. The summed E-state index contributed by atoms with van der Waals surface area (Å²) in [6.07, 6.45) is 5.00. The van der Waals surface area contributed by atoms with Crippen LogP contribution in [0.15, 0.2) is 42.5 Å². The predicted molar refractivity (Wildman–Crippen MR) is 135 cm³/mol. The van der Waals surface area contributed by atoms with E-state index >= 15 is 0 Å². The maximum absolute atomic E-state index is 13.9. The number of carbonyl (C=O) groups is 3. The molecule has 3 aromatic rings. The zero-order chi connectivity index (χ0) is 25.2. The first-order chi connectivity index (χ1) is 17.4. The highest BCUT2D eigenvalue weighted by Gasteiger charge is 2.31. The summed E-state index contributed by atoms with van der Waals surface area (Å²) in [6, 6.07) is 12.5. The number of imidazole rings is 1. The van der Waals surface area contributed by atoms with E-state index in [1.807, 2.05) is 35.2 Å². The van der Waals surface area contributed by atoms with Gasteiger partial charge >= 0.3 is 5.97 Å². The number of aromatic amines is 1. The molecule has 5 rings (SSSR count). The molecular weight excluding hydrogens is 458 g/mol. The molecule has 0 bridgehead atoms. The molecule has 1 aliphatic carbocycles. The first-order valence-electron chi connectivity index (χ1n) is 12.5. The number of benzene rings is 2. The number of carboxylic acid groups (broad SMARTS) is 1. The molecule has 0 unspecified atom stereocenters. The van der Waals surface area contributed by atoms with Crippen LogP contribution in [0.2, 0.25) is 0 Å². The number of aromatic nitrogens is 2. The fourth-order valence-corrected chi connectivity index (χ4v) is 5.33. The summed E-state index contributed by atoms with van der Waals surface area (Å²) in [5.74, 6) is -0.632. The predicted octanol–water partition coefficient (Wildman–Crippen LogP) is 3.77. The maximum atomic E-state index is 13.9. The van der Waals surface area contributed by atoms with Crippen molar-refractivity contribution in [2.24, 2.45) is 0 Å². The number of hydrogen-bond donors (Lipinski definition) is 3. The molecule has 188 valence electrons. The summed E-state index contributed by atoms with van der Waals surface area (Å²) in [7, 11) is 1.65. The van der Waals surface area contributed by atoms with Gasteiger partial charge in [0.2, 0.25) is 5.91 Å². The molecule has 0 radical (unpaired) electrons. The highest BCUT2D eigenvalue weighted by atomic mass is 16.4. The van der Waals surface area contributed by atoms with Crippen molar-refractivity contribution in [3.63, 3.8) is 0 Å². The van der Waals surface area contributed by atoms with Crippen LogP contribution >= 0.6 is 0 Å². The summed E-state index contributed by atoms with van der Waals surface area (Å²) < 4.78 is 0. The van der Waals surface area contributed by atoms with E-state index in [4.69, 9.17) is 4.98 Å². The van der Waals surface area contributed by atoms with Crippen LogP contribution in [0.1, 0.15) is 60.3 Å². The molecule has 1 aliphatic heterocycles. The van der Waals surface area contributed by atoms with Crippen molar-refractivity contribution in [2.75, 3.05) is 12.4 Å². The lowest BCUT2D eigenvalue weighted by Crippen LogP contribution is -2.41. The topological polar surface area (TPSA) is 119 Å². The molecule has 1 fully saturated rings. The van der Waals surface area contributed by atoms with E-state index in [0.29, 0.717) is 24.3 Å². The first-order valence-corrected chi connectivity index (χ1v) is 12.5. The van der Waals surface area contributed by atoms with Gasteiger partial charge in [0.15, 0.2) is 0 Å². The average molecular weight is 490 g/mol. The van der Waals surface area contributed by atoms with Gasteiger partial charge in [0, 0.05) is 30.9 Å². The third-order valence-electron chi connectivity index (χ3n) is 7.18. The van der Waals surface area contributed by atoms with Gasteiger partial charge in [0.25, 0.3) is 5.91 Å². The molecule has 2 amide bonds. The van der Waals surface area contributed by atoms with Crippen molar-refractivity contribution in [3.8, 4) is 0 Å². The third-order valence-corrected chi connectivity index (χ3v) is 7.18. The van der Waals surface area contributed by atoms with Gasteiger partial charge in [-0.3, -0.25) is 14.4 Å². The summed E-state index contributed by atoms with van der Waals surface area (Å²) in [5, 5.41) is 12.3. The van der Waals surface area contributed by atoms with E-state index in [-0.39, 0.29) is 24.3 Å². The Kier molecular flexibility index (Phi) is 6.63. The van der Waals surface area contributed by atoms with Crippen molar-refractivity contribution < 1.29 is 19.5 Å². The van der Waals surface area contributed by atoms with Crippen molar-refractivity contribution >= 4 is 34.5 Å². The molecular formula is C27H31N5O4. The highest BCUT2D eigenvalue weighted by molar-refractivity contribution is 5.96. The smallest absolute Gasteiger partial charge is 0.305 e. The summed E-state index contributed by atoms with van der Waals surface area (Å²) in [4.78, 5) is 49.3. The van der Waals surface area contributed by atoms with Crippen LogP contribution in [-0.2, 0) is 22.7 Å². The summed E-state index contributed by atoms with van der Waals surface area (Å²) in [6.45, 7) is 0.692. The number of carboxylic acids is 1. The number of para-hydroxylation sites is 2. The van der Waals surface area contributed by atoms with Crippen molar-refractivity contribution in [2.45, 2.75) is 63.7 Å². The van der Waals surface area contributed by atoms with Gasteiger partial charge in [-0.25, -0.2) is 4.98 Å². The monoisotopic (exact) mass is 489 g/mol. The molecule has 0 saturated heterocycles. The number of amides is 2. The molecule has 1 aromatic heterocycles. The van der Waals surface area contributed by atoms with Gasteiger partial charge in [-0.1, -0.05) is 31.4 Å². The van der Waals surface area contributed by atoms with E-state index in [2.05, 4.69) is 10.3 Å². The molecule has 2 aromatic carbocycles. The fraction of sp³-hybridized carbons (Fsp3) is 0.407. The Labute approximate surface area is 209 Å². The Balaban J connectivity index is 1.44. The Bertz CT molecular complexity index is 1260. The number of carbonyl (C=O) groups excluding carboxylic acids is 2. The standard InChI is InChI=1S/C27H31N5O4/c1-31-15-18-13-17(11-12-20(18)28-23(27(31)36)14-25(33)34)26(35)32(19-7-3-2-4-8-19)16-24-29-21-9-5-6-10-22(21)30-24/h5-6,9-13,19,23,28H,2-4,7-8,14-16H2,1H3,(H,29,30)(H,33,34)/t23-/m0/s1. The van der Waals surface area contributed by atoms with Crippen LogP contribution in [0, 0.1) is 0 Å². The lowest BCUT2D eigenvalue weighted by Gasteiger charge is -2.34. The second-order valence-corrected chi connectivity index (χ2v) is 9.79. The van der Waals surface area contributed by atoms with Crippen LogP contribution in [0.4, 0.5) is 5.69 Å². The van der Waals surface area contributed by atoms with Crippen molar-refractivity contribution in [1.82, 2.24) is 19.8 Å². The maximum Gasteiger partial charge on any atom is 0.305 e. The van der Waals surface area contributed by atoms with Crippen LogP contribution in [0.25, 0.3) is 11.0 Å². The minimum Gasteiger partial charge on any atom is -0.481 e. The number of hydrogen-bond acceptors (Lipinski definition) is 5. The van der Waals surface area contributed by atoms with Gasteiger partial charge in [-0.15, -0.1) is 0 Å². The second-order valence-electron chi connectivity index (χ2n) is 9.79. The molecule has 2 aliphatic rings. The third kappa shape index (κ3) is 4.91. The Morgan fingerprint density at radius 2 is 1.92 bits per heavy atom. The highest BCUT2D eigenvalue weighted by Crippen LogP contribution is 2.29. The second kappa shape index (κ2) is 10.0. The average Bonchev–Trinajstić information content (AvgIpc) is 3.25. The molecule has 9 nitrogen and oxygen atoms in total. The van der Waals surface area contributed by atoms with Gasteiger partial charge in [-0.05, 0) is 48.7 Å².